The molecule has 0 radical (unpaired) electrons. The van der Waals surface area contributed by atoms with Gasteiger partial charge in [0.25, 0.3) is 5.91 Å². The number of benzene rings is 2. The molecule has 234 valence electrons. The van der Waals surface area contributed by atoms with E-state index in [1.54, 1.807) is 38.1 Å². The van der Waals surface area contributed by atoms with E-state index in [0.29, 0.717) is 47.7 Å². The zero-order valence-electron chi connectivity index (χ0n) is 24.5. The SMILES string of the molecule is CC(C)[C@H](NC(=O)C1=Cc2cc(Cl)ccc2OC1)C(=O)N[C@@H](Cc1ccc(F)cc1)C(=O)N[C@H](C=O)C[C@@]1(C=O)CCNC1. The van der Waals surface area contributed by atoms with Crippen molar-refractivity contribution in [3.8, 4) is 5.75 Å². The molecule has 3 amide bonds. The first kappa shape index (κ1) is 32.8. The maximum absolute atomic E-state index is 13.6. The number of amides is 3. The molecular weight excluding hydrogens is 591 g/mol. The summed E-state index contributed by atoms with van der Waals surface area (Å²) in [5.41, 5.74) is 0.694. The summed E-state index contributed by atoms with van der Waals surface area (Å²) in [6, 6.07) is 7.34. The Balaban J connectivity index is 1.50. The van der Waals surface area contributed by atoms with Crippen LogP contribution < -0.4 is 26.0 Å². The molecule has 2 aliphatic heterocycles. The van der Waals surface area contributed by atoms with Gasteiger partial charge in [0.15, 0.2) is 0 Å². The Labute approximate surface area is 260 Å². The quantitative estimate of drug-likeness (QED) is 0.250. The first-order chi connectivity index (χ1) is 21.0. The van der Waals surface area contributed by atoms with Crippen LogP contribution in [0.25, 0.3) is 6.08 Å². The van der Waals surface area contributed by atoms with Gasteiger partial charge >= 0.3 is 0 Å². The average molecular weight is 627 g/mol. The fourth-order valence-corrected chi connectivity index (χ4v) is 5.50. The first-order valence-electron chi connectivity index (χ1n) is 14.4. The molecule has 2 aromatic carbocycles. The summed E-state index contributed by atoms with van der Waals surface area (Å²) in [5, 5.41) is 11.7. The van der Waals surface area contributed by atoms with Crippen LogP contribution in [-0.4, -0.2) is 68.1 Å². The molecule has 2 aliphatic rings. The molecular formula is C32H36ClFN4O6. The van der Waals surface area contributed by atoms with E-state index in [9.17, 15) is 28.4 Å². The van der Waals surface area contributed by atoms with Gasteiger partial charge in [0.2, 0.25) is 11.8 Å². The second-order valence-corrected chi connectivity index (χ2v) is 12.0. The van der Waals surface area contributed by atoms with Crippen molar-refractivity contribution >= 4 is 48.0 Å². The number of hydrogen-bond donors (Lipinski definition) is 4. The number of fused-ring (bicyclic) bond motifs is 1. The smallest absolute Gasteiger partial charge is 0.251 e. The molecule has 0 aromatic heterocycles. The number of ether oxygens (including phenoxy) is 1. The summed E-state index contributed by atoms with van der Waals surface area (Å²) in [6.07, 6.45) is 3.64. The molecule has 1 fully saturated rings. The maximum atomic E-state index is 13.6. The van der Waals surface area contributed by atoms with Crippen molar-refractivity contribution in [3.05, 3.63) is 70.0 Å². The van der Waals surface area contributed by atoms with E-state index in [1.165, 1.54) is 24.3 Å². The molecule has 0 saturated carbocycles. The normalized spacial score (nSPS) is 19.4. The number of rotatable bonds is 13. The van der Waals surface area contributed by atoms with Crippen LogP contribution in [0, 0.1) is 17.2 Å². The standard InChI is InChI=1S/C32H36ClFN4O6/c1-19(2)28(38-29(41)22-12-21-13-23(33)5-8-27(21)44-16-22)31(43)37-26(11-20-3-6-24(34)7-4-20)30(42)36-25(15-39)14-32(18-40)9-10-35-17-32/h3-8,12-13,15,18-19,25-26,28,35H,9-11,14,16-17H2,1-2H3,(H,36,42)(H,37,43)(H,38,41)/t25-,26-,28-,32-/m0/s1. The van der Waals surface area contributed by atoms with E-state index >= 15 is 0 Å². The van der Waals surface area contributed by atoms with Crippen LogP contribution in [0.2, 0.25) is 5.02 Å². The minimum absolute atomic E-state index is 0.00657. The lowest BCUT2D eigenvalue weighted by Crippen LogP contribution is -2.57. The van der Waals surface area contributed by atoms with Gasteiger partial charge in [-0.2, -0.15) is 0 Å². The van der Waals surface area contributed by atoms with Crippen LogP contribution in [0.1, 0.15) is 37.8 Å². The van der Waals surface area contributed by atoms with Gasteiger partial charge < -0.3 is 35.6 Å². The molecule has 0 spiro atoms. The van der Waals surface area contributed by atoms with Crippen molar-refractivity contribution in [1.29, 1.82) is 0 Å². The molecule has 0 bridgehead atoms. The minimum atomic E-state index is -1.17. The molecule has 4 rings (SSSR count). The van der Waals surface area contributed by atoms with Gasteiger partial charge in [-0.05, 0) is 67.3 Å². The third-order valence-corrected chi connectivity index (χ3v) is 8.08. The predicted molar refractivity (Wildman–Crippen MR) is 162 cm³/mol. The second kappa shape index (κ2) is 14.6. The summed E-state index contributed by atoms with van der Waals surface area (Å²) in [4.78, 5) is 64.1. The van der Waals surface area contributed by atoms with Crippen molar-refractivity contribution in [2.45, 2.75) is 51.2 Å². The molecule has 44 heavy (non-hydrogen) atoms. The zero-order valence-corrected chi connectivity index (χ0v) is 25.3. The molecule has 4 atom stereocenters. The highest BCUT2D eigenvalue weighted by atomic mass is 35.5. The summed E-state index contributed by atoms with van der Waals surface area (Å²) < 4.78 is 19.2. The van der Waals surface area contributed by atoms with Crippen LogP contribution in [-0.2, 0) is 30.4 Å². The van der Waals surface area contributed by atoms with Crippen molar-refractivity contribution in [3.63, 3.8) is 0 Å². The Morgan fingerprint density at radius 2 is 1.82 bits per heavy atom. The fraction of sp³-hybridized carbons (Fsp3) is 0.406. The molecule has 10 nitrogen and oxygen atoms in total. The Bertz CT molecular complexity index is 1420. The van der Waals surface area contributed by atoms with Crippen LogP contribution in [0.5, 0.6) is 5.75 Å². The lowest BCUT2D eigenvalue weighted by molar-refractivity contribution is -0.133. The summed E-state index contributed by atoms with van der Waals surface area (Å²) >= 11 is 6.08. The van der Waals surface area contributed by atoms with Gasteiger partial charge in [-0.1, -0.05) is 37.6 Å². The monoisotopic (exact) mass is 626 g/mol. The second-order valence-electron chi connectivity index (χ2n) is 11.6. The Morgan fingerprint density at radius 3 is 2.45 bits per heavy atom. The van der Waals surface area contributed by atoms with Crippen molar-refractivity contribution < 1.29 is 33.1 Å². The molecule has 4 N–H and O–H groups in total. The number of hydrogen-bond acceptors (Lipinski definition) is 7. The zero-order chi connectivity index (χ0) is 31.9. The van der Waals surface area contributed by atoms with Gasteiger partial charge in [-0.15, -0.1) is 0 Å². The highest BCUT2D eigenvalue weighted by Gasteiger charge is 2.37. The number of carbonyl (C=O) groups is 5. The fourth-order valence-electron chi connectivity index (χ4n) is 5.32. The highest BCUT2D eigenvalue weighted by molar-refractivity contribution is 6.30. The summed E-state index contributed by atoms with van der Waals surface area (Å²) in [7, 11) is 0. The number of halogens is 2. The van der Waals surface area contributed by atoms with E-state index in [2.05, 4.69) is 21.3 Å². The molecule has 2 aromatic rings. The Kier molecular flexibility index (Phi) is 10.9. The van der Waals surface area contributed by atoms with Crippen LogP contribution in [0.3, 0.4) is 0 Å². The van der Waals surface area contributed by atoms with E-state index in [0.717, 1.165) is 6.29 Å². The van der Waals surface area contributed by atoms with Crippen LogP contribution in [0.15, 0.2) is 48.0 Å². The molecule has 0 unspecified atom stereocenters. The lowest BCUT2D eigenvalue weighted by Gasteiger charge is -2.28. The maximum Gasteiger partial charge on any atom is 0.251 e. The van der Waals surface area contributed by atoms with Crippen molar-refractivity contribution in [2.24, 2.45) is 11.3 Å². The van der Waals surface area contributed by atoms with E-state index < -0.39 is 47.1 Å². The lowest BCUT2D eigenvalue weighted by atomic mass is 9.82. The van der Waals surface area contributed by atoms with Crippen LogP contribution in [0.4, 0.5) is 4.39 Å². The third kappa shape index (κ3) is 8.29. The highest BCUT2D eigenvalue weighted by Crippen LogP contribution is 2.30. The molecule has 2 heterocycles. The number of nitrogens with one attached hydrogen (secondary N) is 4. The summed E-state index contributed by atoms with van der Waals surface area (Å²) in [6.45, 7) is 4.50. The average Bonchev–Trinajstić information content (AvgIpc) is 3.48. The predicted octanol–water partition coefficient (Wildman–Crippen LogP) is 2.38. The Hall–Kier alpha value is -4.09. The van der Waals surface area contributed by atoms with Gasteiger partial charge in [-0.25, -0.2) is 4.39 Å². The third-order valence-electron chi connectivity index (χ3n) is 7.84. The summed E-state index contributed by atoms with van der Waals surface area (Å²) in [5.74, 6) is -2.05. The van der Waals surface area contributed by atoms with Gasteiger partial charge in [-0.3, -0.25) is 14.4 Å². The van der Waals surface area contributed by atoms with E-state index in [4.69, 9.17) is 16.3 Å². The van der Waals surface area contributed by atoms with Gasteiger partial charge in [0.1, 0.15) is 42.8 Å². The Morgan fingerprint density at radius 1 is 1.07 bits per heavy atom. The van der Waals surface area contributed by atoms with Crippen LogP contribution >= 0.6 is 11.6 Å². The topological polar surface area (TPSA) is 143 Å². The number of carbonyl (C=O) groups excluding carboxylic acids is 5. The number of aldehydes is 2. The van der Waals surface area contributed by atoms with Gasteiger partial charge in [0, 0.05) is 29.0 Å². The molecule has 12 heteroatoms. The van der Waals surface area contributed by atoms with Crippen molar-refractivity contribution in [1.82, 2.24) is 21.3 Å². The van der Waals surface area contributed by atoms with E-state index in [1.807, 2.05) is 0 Å². The molecule has 0 aliphatic carbocycles. The van der Waals surface area contributed by atoms with Gasteiger partial charge in [0.05, 0.1) is 11.6 Å². The van der Waals surface area contributed by atoms with E-state index in [-0.39, 0.29) is 30.9 Å². The molecule has 1 saturated heterocycles. The largest absolute Gasteiger partial charge is 0.488 e. The van der Waals surface area contributed by atoms with Crippen molar-refractivity contribution in [2.75, 3.05) is 19.7 Å². The minimum Gasteiger partial charge on any atom is -0.488 e. The first-order valence-corrected chi connectivity index (χ1v) is 14.8.